The molecule has 88 valence electrons. The fraction of sp³-hybridized carbons (Fsp3) is 0.778. The Labute approximate surface area is 88.1 Å². The van der Waals surface area contributed by atoms with Crippen LogP contribution in [-0.4, -0.2) is 45.2 Å². The van der Waals surface area contributed by atoms with Crippen molar-refractivity contribution in [2.24, 2.45) is 5.92 Å². The second-order valence-corrected chi connectivity index (χ2v) is 4.08. The van der Waals surface area contributed by atoms with E-state index in [-0.39, 0.29) is 6.54 Å². The van der Waals surface area contributed by atoms with Crippen LogP contribution in [0.3, 0.4) is 0 Å². The molecule has 1 fully saturated rings. The lowest BCUT2D eigenvalue weighted by molar-refractivity contribution is 0.154. The molecule has 6 heteroatoms. The molecule has 0 amide bonds. The maximum atomic E-state index is 12.3. The minimum absolute atomic E-state index is 0.0519. The van der Waals surface area contributed by atoms with Crippen LogP contribution in [0.25, 0.3) is 0 Å². The van der Waals surface area contributed by atoms with Crippen molar-refractivity contribution in [2.45, 2.75) is 6.42 Å². The highest BCUT2D eigenvalue weighted by molar-refractivity contribution is 6.66. The summed E-state index contributed by atoms with van der Waals surface area (Å²) < 4.78 is 41.8. The standard InChI is InChI=1S/C9H16BF3NO/c1-8(10(11,12)13)5-14-4-3-9(6-14)7-15-2/h9H,1,3-7H2,2H3/q-1. The van der Waals surface area contributed by atoms with E-state index < -0.39 is 12.4 Å². The van der Waals surface area contributed by atoms with Crippen LogP contribution >= 0.6 is 0 Å². The molecule has 0 spiro atoms. The summed E-state index contributed by atoms with van der Waals surface area (Å²) in [6.07, 6.45) is 0.909. The van der Waals surface area contributed by atoms with Gasteiger partial charge in [0.2, 0.25) is 0 Å². The van der Waals surface area contributed by atoms with E-state index in [2.05, 4.69) is 6.58 Å². The normalized spacial score (nSPS) is 23.3. The highest BCUT2D eigenvalue weighted by atomic mass is 19.4. The molecule has 0 aromatic carbocycles. The van der Waals surface area contributed by atoms with Gasteiger partial charge in [-0.3, -0.25) is 0 Å². The zero-order chi connectivity index (χ0) is 11.5. The largest absolute Gasteiger partial charge is 0.506 e. The molecule has 15 heavy (non-hydrogen) atoms. The predicted octanol–water partition coefficient (Wildman–Crippen LogP) is 1.90. The van der Waals surface area contributed by atoms with Crippen molar-refractivity contribution in [3.05, 3.63) is 12.1 Å². The van der Waals surface area contributed by atoms with Crippen molar-refractivity contribution in [2.75, 3.05) is 33.4 Å². The fourth-order valence-corrected chi connectivity index (χ4v) is 1.82. The lowest BCUT2D eigenvalue weighted by atomic mass is 9.80. The number of ether oxygens (including phenoxy) is 1. The number of rotatable bonds is 5. The summed E-state index contributed by atoms with van der Waals surface area (Å²) >= 11 is 0. The van der Waals surface area contributed by atoms with Crippen LogP contribution in [0.4, 0.5) is 12.9 Å². The fourth-order valence-electron chi connectivity index (χ4n) is 1.82. The molecule has 0 N–H and O–H groups in total. The Morgan fingerprint density at radius 3 is 2.73 bits per heavy atom. The van der Waals surface area contributed by atoms with Gasteiger partial charge < -0.3 is 22.6 Å². The van der Waals surface area contributed by atoms with Gasteiger partial charge in [-0.1, -0.05) is 0 Å². The van der Waals surface area contributed by atoms with Crippen LogP contribution in [0.5, 0.6) is 0 Å². The zero-order valence-corrected chi connectivity index (χ0v) is 8.89. The van der Waals surface area contributed by atoms with Crippen LogP contribution in [0.1, 0.15) is 6.42 Å². The minimum atomic E-state index is -4.88. The van der Waals surface area contributed by atoms with Gasteiger partial charge >= 0.3 is 6.98 Å². The quantitative estimate of drug-likeness (QED) is 0.658. The molecule has 1 saturated heterocycles. The molecule has 0 radical (unpaired) electrons. The van der Waals surface area contributed by atoms with E-state index in [0.717, 1.165) is 6.42 Å². The minimum Gasteiger partial charge on any atom is -0.445 e. The Morgan fingerprint density at radius 2 is 2.20 bits per heavy atom. The molecule has 2 nitrogen and oxygen atoms in total. The lowest BCUT2D eigenvalue weighted by Crippen LogP contribution is -2.31. The summed E-state index contributed by atoms with van der Waals surface area (Å²) in [6, 6.07) is 0. The lowest BCUT2D eigenvalue weighted by Gasteiger charge is -2.23. The Balaban J connectivity index is 2.33. The van der Waals surface area contributed by atoms with Crippen molar-refractivity contribution in [3.8, 4) is 0 Å². The molecule has 1 aliphatic rings. The Hall–Kier alpha value is -0.485. The van der Waals surface area contributed by atoms with Gasteiger partial charge in [0, 0.05) is 13.7 Å². The number of methoxy groups -OCH3 is 1. The zero-order valence-electron chi connectivity index (χ0n) is 8.89. The van der Waals surface area contributed by atoms with Crippen LogP contribution in [0, 0.1) is 5.92 Å². The molecule has 0 saturated carbocycles. The molecule has 0 aromatic rings. The third-order valence-corrected chi connectivity index (χ3v) is 2.66. The highest BCUT2D eigenvalue weighted by Crippen LogP contribution is 2.22. The number of likely N-dealkylation sites (tertiary alicyclic amines) is 1. The molecule has 1 atom stereocenters. The molecule has 1 aliphatic heterocycles. The summed E-state index contributed by atoms with van der Waals surface area (Å²) in [5, 5.41) is 0. The molecule has 1 unspecified atom stereocenters. The van der Waals surface area contributed by atoms with Gasteiger partial charge in [0.15, 0.2) is 0 Å². The summed E-state index contributed by atoms with van der Waals surface area (Å²) in [5.74, 6) is 0.364. The maximum Gasteiger partial charge on any atom is 0.506 e. The van der Waals surface area contributed by atoms with Gasteiger partial charge in [-0.15, -0.1) is 12.1 Å². The van der Waals surface area contributed by atoms with E-state index >= 15 is 0 Å². The highest BCUT2D eigenvalue weighted by Gasteiger charge is 2.30. The van der Waals surface area contributed by atoms with Gasteiger partial charge in [-0.05, 0) is 25.4 Å². The van der Waals surface area contributed by atoms with Crippen LogP contribution in [0.2, 0.25) is 0 Å². The topological polar surface area (TPSA) is 12.5 Å². The van der Waals surface area contributed by atoms with E-state index in [9.17, 15) is 12.9 Å². The van der Waals surface area contributed by atoms with E-state index in [0.29, 0.717) is 25.6 Å². The van der Waals surface area contributed by atoms with Gasteiger partial charge in [-0.25, -0.2) is 0 Å². The number of hydrogen-bond acceptors (Lipinski definition) is 2. The second-order valence-electron chi connectivity index (χ2n) is 4.08. The van der Waals surface area contributed by atoms with E-state index in [4.69, 9.17) is 4.74 Å². The van der Waals surface area contributed by atoms with E-state index in [1.807, 2.05) is 0 Å². The van der Waals surface area contributed by atoms with Gasteiger partial charge in [-0.2, -0.15) is 0 Å². The van der Waals surface area contributed by atoms with Crippen LogP contribution in [-0.2, 0) is 4.74 Å². The first kappa shape index (κ1) is 12.6. The molecule has 0 aliphatic carbocycles. The monoisotopic (exact) mass is 222 g/mol. The maximum absolute atomic E-state index is 12.3. The Bertz CT molecular complexity index is 232. The van der Waals surface area contributed by atoms with Crippen LogP contribution < -0.4 is 0 Å². The van der Waals surface area contributed by atoms with Crippen molar-refractivity contribution < 1.29 is 17.7 Å². The van der Waals surface area contributed by atoms with Gasteiger partial charge in [0.1, 0.15) is 0 Å². The van der Waals surface area contributed by atoms with Crippen molar-refractivity contribution >= 4 is 6.98 Å². The average Bonchev–Trinajstić information content (AvgIpc) is 2.51. The first-order valence-corrected chi connectivity index (χ1v) is 5.02. The first-order chi connectivity index (χ1) is 6.93. The van der Waals surface area contributed by atoms with Crippen molar-refractivity contribution in [3.63, 3.8) is 0 Å². The predicted molar refractivity (Wildman–Crippen MR) is 54.6 cm³/mol. The van der Waals surface area contributed by atoms with Crippen LogP contribution in [0.15, 0.2) is 12.1 Å². The second kappa shape index (κ2) is 5.03. The van der Waals surface area contributed by atoms with Crippen molar-refractivity contribution in [1.29, 1.82) is 0 Å². The first-order valence-electron chi connectivity index (χ1n) is 5.02. The molecule has 0 aromatic heterocycles. The molecule has 0 bridgehead atoms. The third kappa shape index (κ3) is 3.87. The van der Waals surface area contributed by atoms with Crippen molar-refractivity contribution in [1.82, 2.24) is 4.90 Å². The van der Waals surface area contributed by atoms with Gasteiger partial charge in [0.25, 0.3) is 0 Å². The van der Waals surface area contributed by atoms with E-state index in [1.165, 1.54) is 0 Å². The molecule has 1 rings (SSSR count). The average molecular weight is 222 g/mol. The molecular formula is C9H16BF3NO-. The summed E-state index contributed by atoms with van der Waals surface area (Å²) in [5.41, 5.74) is -0.604. The smallest absolute Gasteiger partial charge is 0.445 e. The summed E-state index contributed by atoms with van der Waals surface area (Å²) in [6.45, 7) is 0.169. The number of nitrogens with zero attached hydrogens (tertiary/aromatic N) is 1. The SMILES string of the molecule is C=C(CN1CCC(COC)C1)[B-](F)(F)F. The molecular weight excluding hydrogens is 206 g/mol. The Morgan fingerprint density at radius 1 is 1.53 bits per heavy atom. The summed E-state index contributed by atoms with van der Waals surface area (Å²) in [7, 11) is 1.61. The summed E-state index contributed by atoms with van der Waals surface area (Å²) in [4.78, 5) is 1.79. The molecule has 1 heterocycles. The Kier molecular flexibility index (Phi) is 4.22. The van der Waals surface area contributed by atoms with Gasteiger partial charge in [0.05, 0.1) is 6.61 Å². The number of hydrogen-bond donors (Lipinski definition) is 0. The van der Waals surface area contributed by atoms with E-state index in [1.54, 1.807) is 12.0 Å². The number of halogens is 3. The third-order valence-electron chi connectivity index (χ3n) is 2.66.